The van der Waals surface area contributed by atoms with Crippen LogP contribution in [0.25, 0.3) is 5.65 Å². The van der Waals surface area contributed by atoms with Crippen LogP contribution in [0.3, 0.4) is 0 Å². The van der Waals surface area contributed by atoms with Crippen molar-refractivity contribution in [2.24, 2.45) is 0 Å². The number of benzene rings is 1. The molecular weight excluding hydrogens is 250 g/mol. The van der Waals surface area contributed by atoms with E-state index in [0.29, 0.717) is 11.2 Å². The molecule has 4 nitrogen and oxygen atoms in total. The molecule has 0 saturated heterocycles. The maximum Gasteiger partial charge on any atom is 0.259 e. The number of aryl methyl sites for hydroxylation is 1. The summed E-state index contributed by atoms with van der Waals surface area (Å²) >= 11 is 0. The number of hydrogen-bond donors (Lipinski definition) is 1. The first-order chi connectivity index (χ1) is 9.78. The first kappa shape index (κ1) is 12.4. The topological polar surface area (TPSA) is 46.4 Å². The molecule has 1 amide bonds. The summed E-state index contributed by atoms with van der Waals surface area (Å²) < 4.78 is 1.83. The maximum absolute atomic E-state index is 12.3. The lowest BCUT2D eigenvalue weighted by Crippen LogP contribution is -2.13. The number of nitrogens with zero attached hydrogens (tertiary/aromatic N) is 2. The summed E-state index contributed by atoms with van der Waals surface area (Å²) in [6.07, 6.45) is 6.36. The van der Waals surface area contributed by atoms with E-state index in [2.05, 4.69) is 17.2 Å². The standard InChI is InChI=1S/C16H15N3O/c1-2-12-5-7-13(8-6-12)18-16(20)14-4-3-10-19-11-9-17-15(14)19/h3-11H,2H2,1H3,(H,18,20). The Balaban J connectivity index is 1.87. The number of anilines is 1. The van der Waals surface area contributed by atoms with Gasteiger partial charge in [0.15, 0.2) is 0 Å². The van der Waals surface area contributed by atoms with E-state index in [9.17, 15) is 4.79 Å². The highest BCUT2D eigenvalue weighted by molar-refractivity contribution is 6.08. The largest absolute Gasteiger partial charge is 0.322 e. The fraction of sp³-hybridized carbons (Fsp3) is 0.125. The van der Waals surface area contributed by atoms with E-state index in [-0.39, 0.29) is 5.91 Å². The van der Waals surface area contributed by atoms with Crippen LogP contribution in [0.1, 0.15) is 22.8 Å². The number of nitrogens with one attached hydrogen (secondary N) is 1. The highest BCUT2D eigenvalue weighted by Gasteiger charge is 2.11. The van der Waals surface area contributed by atoms with Crippen molar-refractivity contribution in [3.8, 4) is 0 Å². The zero-order chi connectivity index (χ0) is 13.9. The van der Waals surface area contributed by atoms with Crippen molar-refractivity contribution >= 4 is 17.2 Å². The van der Waals surface area contributed by atoms with Crippen LogP contribution < -0.4 is 5.32 Å². The van der Waals surface area contributed by atoms with Crippen LogP contribution in [0.4, 0.5) is 5.69 Å². The molecule has 0 fully saturated rings. The lowest BCUT2D eigenvalue weighted by Gasteiger charge is -2.07. The van der Waals surface area contributed by atoms with E-state index in [4.69, 9.17) is 0 Å². The molecule has 4 heteroatoms. The second-order valence-corrected chi connectivity index (χ2v) is 4.58. The SMILES string of the molecule is CCc1ccc(NC(=O)c2cccn3ccnc23)cc1. The minimum absolute atomic E-state index is 0.147. The molecule has 1 aromatic carbocycles. The molecule has 3 aromatic rings. The molecule has 2 aromatic heterocycles. The Bertz CT molecular complexity index is 744. The van der Waals surface area contributed by atoms with Gasteiger partial charge in [0.05, 0.1) is 5.56 Å². The Morgan fingerprint density at radius 2 is 2.00 bits per heavy atom. The molecule has 0 unspecified atom stereocenters. The van der Waals surface area contributed by atoms with Crippen LogP contribution in [0.5, 0.6) is 0 Å². The third-order valence-corrected chi connectivity index (χ3v) is 3.28. The number of fused-ring (bicyclic) bond motifs is 1. The van der Waals surface area contributed by atoms with Gasteiger partial charge in [-0.1, -0.05) is 19.1 Å². The van der Waals surface area contributed by atoms with E-state index >= 15 is 0 Å². The quantitative estimate of drug-likeness (QED) is 0.790. The summed E-state index contributed by atoms with van der Waals surface area (Å²) in [4.78, 5) is 16.5. The van der Waals surface area contributed by atoms with E-state index < -0.39 is 0 Å². The molecule has 100 valence electrons. The summed E-state index contributed by atoms with van der Waals surface area (Å²) in [7, 11) is 0. The first-order valence-corrected chi connectivity index (χ1v) is 6.60. The van der Waals surface area contributed by atoms with Crippen molar-refractivity contribution in [3.05, 3.63) is 66.1 Å². The molecule has 20 heavy (non-hydrogen) atoms. The van der Waals surface area contributed by atoms with Crippen molar-refractivity contribution in [1.29, 1.82) is 0 Å². The smallest absolute Gasteiger partial charge is 0.259 e. The number of carbonyl (C=O) groups excluding carboxylic acids is 1. The Morgan fingerprint density at radius 3 is 2.75 bits per heavy atom. The monoisotopic (exact) mass is 265 g/mol. The van der Waals surface area contributed by atoms with Gasteiger partial charge in [0.25, 0.3) is 5.91 Å². The van der Waals surface area contributed by atoms with E-state index in [0.717, 1.165) is 12.1 Å². The van der Waals surface area contributed by atoms with Crippen LogP contribution >= 0.6 is 0 Å². The summed E-state index contributed by atoms with van der Waals surface area (Å²) in [5, 5.41) is 2.90. The van der Waals surface area contributed by atoms with Crippen LogP contribution in [-0.2, 0) is 6.42 Å². The first-order valence-electron chi connectivity index (χ1n) is 6.60. The average Bonchev–Trinajstić information content (AvgIpc) is 2.96. The molecule has 0 radical (unpaired) electrons. The number of hydrogen-bond acceptors (Lipinski definition) is 2. The Kier molecular flexibility index (Phi) is 3.21. The third kappa shape index (κ3) is 2.28. The fourth-order valence-corrected chi connectivity index (χ4v) is 2.15. The van der Waals surface area contributed by atoms with Gasteiger partial charge in [0.1, 0.15) is 5.65 Å². The van der Waals surface area contributed by atoms with Crippen molar-refractivity contribution in [1.82, 2.24) is 9.38 Å². The summed E-state index contributed by atoms with van der Waals surface area (Å²) in [5.41, 5.74) is 3.27. The van der Waals surface area contributed by atoms with Gasteiger partial charge in [0.2, 0.25) is 0 Å². The van der Waals surface area contributed by atoms with Gasteiger partial charge in [-0.2, -0.15) is 0 Å². The molecule has 0 aliphatic heterocycles. The lowest BCUT2D eigenvalue weighted by atomic mass is 10.1. The van der Waals surface area contributed by atoms with Crippen molar-refractivity contribution in [3.63, 3.8) is 0 Å². The minimum Gasteiger partial charge on any atom is -0.322 e. The van der Waals surface area contributed by atoms with E-state index in [1.807, 2.05) is 47.1 Å². The summed E-state index contributed by atoms with van der Waals surface area (Å²) in [6.45, 7) is 2.10. The molecule has 2 heterocycles. The highest BCUT2D eigenvalue weighted by atomic mass is 16.1. The Hall–Kier alpha value is -2.62. The number of imidazole rings is 1. The predicted octanol–water partition coefficient (Wildman–Crippen LogP) is 3.15. The van der Waals surface area contributed by atoms with Gasteiger partial charge in [-0.05, 0) is 36.2 Å². The van der Waals surface area contributed by atoms with Gasteiger partial charge in [-0.25, -0.2) is 4.98 Å². The van der Waals surface area contributed by atoms with Crippen LogP contribution in [0, 0.1) is 0 Å². The second-order valence-electron chi connectivity index (χ2n) is 4.58. The molecule has 0 saturated carbocycles. The van der Waals surface area contributed by atoms with E-state index in [1.54, 1.807) is 12.3 Å². The zero-order valence-corrected chi connectivity index (χ0v) is 11.2. The average molecular weight is 265 g/mol. The van der Waals surface area contributed by atoms with Crippen molar-refractivity contribution < 1.29 is 4.79 Å². The van der Waals surface area contributed by atoms with Crippen LogP contribution in [0.2, 0.25) is 0 Å². The number of carbonyl (C=O) groups is 1. The molecule has 0 spiro atoms. The fourth-order valence-electron chi connectivity index (χ4n) is 2.15. The Morgan fingerprint density at radius 1 is 1.20 bits per heavy atom. The molecular formula is C16H15N3O. The van der Waals surface area contributed by atoms with Crippen LogP contribution in [0.15, 0.2) is 55.0 Å². The third-order valence-electron chi connectivity index (χ3n) is 3.28. The number of aromatic nitrogens is 2. The predicted molar refractivity (Wildman–Crippen MR) is 79.0 cm³/mol. The molecule has 3 rings (SSSR count). The zero-order valence-electron chi connectivity index (χ0n) is 11.2. The van der Waals surface area contributed by atoms with Gasteiger partial charge in [-0.3, -0.25) is 4.79 Å². The summed E-state index contributed by atoms with van der Waals surface area (Å²) in [5.74, 6) is -0.147. The number of pyridine rings is 1. The van der Waals surface area contributed by atoms with Gasteiger partial charge >= 0.3 is 0 Å². The van der Waals surface area contributed by atoms with Crippen molar-refractivity contribution in [2.45, 2.75) is 13.3 Å². The van der Waals surface area contributed by atoms with Gasteiger partial charge in [0, 0.05) is 24.3 Å². The normalized spacial score (nSPS) is 10.7. The Labute approximate surface area is 117 Å². The lowest BCUT2D eigenvalue weighted by molar-refractivity contribution is 0.102. The molecule has 0 aliphatic carbocycles. The maximum atomic E-state index is 12.3. The number of rotatable bonds is 3. The molecule has 0 atom stereocenters. The van der Waals surface area contributed by atoms with Crippen LogP contribution in [-0.4, -0.2) is 15.3 Å². The molecule has 1 N–H and O–H groups in total. The summed E-state index contributed by atoms with van der Waals surface area (Å²) in [6, 6.07) is 11.5. The number of amides is 1. The van der Waals surface area contributed by atoms with Crippen molar-refractivity contribution in [2.75, 3.05) is 5.32 Å². The minimum atomic E-state index is -0.147. The molecule has 0 aliphatic rings. The van der Waals surface area contributed by atoms with Gasteiger partial charge < -0.3 is 9.72 Å². The second kappa shape index (κ2) is 5.17. The van der Waals surface area contributed by atoms with Gasteiger partial charge in [-0.15, -0.1) is 0 Å². The highest BCUT2D eigenvalue weighted by Crippen LogP contribution is 2.14. The van der Waals surface area contributed by atoms with E-state index in [1.165, 1.54) is 5.56 Å². The molecule has 0 bridgehead atoms.